The van der Waals surface area contributed by atoms with Crippen molar-refractivity contribution in [2.45, 2.75) is 12.5 Å². The third-order valence-corrected chi connectivity index (χ3v) is 6.21. The summed E-state index contributed by atoms with van der Waals surface area (Å²) in [7, 11) is 3.92. The Morgan fingerprint density at radius 3 is 2.33 bits per heavy atom. The van der Waals surface area contributed by atoms with E-state index in [2.05, 4.69) is 16.0 Å². The fraction of sp³-hybridized carbons (Fsp3) is 0.250. The van der Waals surface area contributed by atoms with E-state index in [1.807, 2.05) is 61.5 Å². The second kappa shape index (κ2) is 11.2. The van der Waals surface area contributed by atoms with Crippen molar-refractivity contribution in [2.75, 3.05) is 39.0 Å². The van der Waals surface area contributed by atoms with Crippen LogP contribution in [0.15, 0.2) is 66.7 Å². The molecule has 4 N–H and O–H groups in total. The summed E-state index contributed by atoms with van der Waals surface area (Å²) in [5.41, 5.74) is 5.34. The van der Waals surface area contributed by atoms with Crippen LogP contribution in [0.3, 0.4) is 0 Å². The molecule has 0 saturated carbocycles. The molecular formula is C28H30N4O4. The molecule has 8 nitrogen and oxygen atoms in total. The van der Waals surface area contributed by atoms with Gasteiger partial charge in [0, 0.05) is 30.9 Å². The fourth-order valence-corrected chi connectivity index (χ4v) is 4.32. The number of benzene rings is 3. The Kier molecular flexibility index (Phi) is 7.77. The highest BCUT2D eigenvalue weighted by atomic mass is 16.4. The van der Waals surface area contributed by atoms with Crippen molar-refractivity contribution in [3.63, 3.8) is 0 Å². The summed E-state index contributed by atoms with van der Waals surface area (Å²) in [4.78, 5) is 38.6. The fourth-order valence-electron chi connectivity index (χ4n) is 4.32. The van der Waals surface area contributed by atoms with Crippen LogP contribution < -0.4 is 16.0 Å². The third-order valence-electron chi connectivity index (χ3n) is 6.21. The standard InChI is InChI=1S/C28H30N4O4/c1-32(2)17-16-30-26(33)19-8-6-18(7-9-19)22-4-3-5-24-23(22)14-15-29-25(24)27(34)31-21-12-10-20(11-13-21)28(35)36/h3-13,25,29H,14-17H2,1-2H3,(H,30,33)(H,31,34)(H,35,36). The van der Waals surface area contributed by atoms with Gasteiger partial charge in [-0.3, -0.25) is 9.59 Å². The lowest BCUT2D eigenvalue weighted by atomic mass is 9.87. The van der Waals surface area contributed by atoms with Crippen molar-refractivity contribution in [1.29, 1.82) is 0 Å². The molecule has 8 heteroatoms. The van der Waals surface area contributed by atoms with Crippen LogP contribution in [-0.4, -0.2) is 61.5 Å². The van der Waals surface area contributed by atoms with E-state index in [1.54, 1.807) is 12.1 Å². The Hall–Kier alpha value is -4.01. The molecule has 2 amide bonds. The molecule has 1 unspecified atom stereocenters. The van der Waals surface area contributed by atoms with E-state index in [4.69, 9.17) is 5.11 Å². The van der Waals surface area contributed by atoms with Gasteiger partial charge in [0.25, 0.3) is 5.91 Å². The molecule has 3 aromatic carbocycles. The molecule has 36 heavy (non-hydrogen) atoms. The maximum atomic E-state index is 13.1. The molecule has 0 spiro atoms. The summed E-state index contributed by atoms with van der Waals surface area (Å²) in [5.74, 6) is -1.32. The Morgan fingerprint density at radius 2 is 1.67 bits per heavy atom. The Labute approximate surface area is 210 Å². The number of likely N-dealkylation sites (N-methyl/N-ethyl adjacent to an activating group) is 1. The predicted molar refractivity (Wildman–Crippen MR) is 139 cm³/mol. The van der Waals surface area contributed by atoms with Crippen LogP contribution >= 0.6 is 0 Å². The number of amides is 2. The number of carbonyl (C=O) groups excluding carboxylic acids is 2. The van der Waals surface area contributed by atoms with Crippen LogP contribution in [0.25, 0.3) is 11.1 Å². The zero-order chi connectivity index (χ0) is 25.7. The highest BCUT2D eigenvalue weighted by Gasteiger charge is 2.28. The summed E-state index contributed by atoms with van der Waals surface area (Å²) in [6.45, 7) is 2.00. The monoisotopic (exact) mass is 486 g/mol. The first-order valence-corrected chi connectivity index (χ1v) is 11.9. The number of anilines is 1. The van der Waals surface area contributed by atoms with E-state index in [9.17, 15) is 14.4 Å². The van der Waals surface area contributed by atoms with Crippen molar-refractivity contribution in [3.05, 3.63) is 89.0 Å². The number of hydrogen-bond acceptors (Lipinski definition) is 5. The third kappa shape index (κ3) is 5.79. The lowest BCUT2D eigenvalue weighted by Crippen LogP contribution is -2.38. The van der Waals surface area contributed by atoms with Crippen LogP contribution in [0.2, 0.25) is 0 Å². The Balaban J connectivity index is 1.51. The van der Waals surface area contributed by atoms with Crippen molar-refractivity contribution >= 4 is 23.5 Å². The molecule has 0 fully saturated rings. The molecule has 0 aromatic heterocycles. The predicted octanol–water partition coefficient (Wildman–Crippen LogP) is 3.17. The highest BCUT2D eigenvalue weighted by molar-refractivity contribution is 5.97. The molecule has 4 rings (SSSR count). The molecule has 1 heterocycles. The van der Waals surface area contributed by atoms with Crippen LogP contribution in [0.5, 0.6) is 0 Å². The minimum Gasteiger partial charge on any atom is -0.478 e. The summed E-state index contributed by atoms with van der Waals surface area (Å²) in [6, 6.07) is 19.0. The minimum absolute atomic E-state index is 0.101. The van der Waals surface area contributed by atoms with E-state index >= 15 is 0 Å². The number of rotatable bonds is 8. The number of hydrogen-bond donors (Lipinski definition) is 4. The molecule has 0 bridgehead atoms. The molecule has 1 atom stereocenters. The summed E-state index contributed by atoms with van der Waals surface area (Å²) in [6.07, 6.45) is 0.773. The summed E-state index contributed by atoms with van der Waals surface area (Å²) in [5, 5.41) is 18.2. The second-order valence-electron chi connectivity index (χ2n) is 9.02. The average molecular weight is 487 g/mol. The van der Waals surface area contributed by atoms with Gasteiger partial charge in [0.05, 0.1) is 5.56 Å². The van der Waals surface area contributed by atoms with Crippen LogP contribution in [0, 0.1) is 0 Å². The van der Waals surface area contributed by atoms with Gasteiger partial charge in [-0.1, -0.05) is 30.3 Å². The van der Waals surface area contributed by atoms with Gasteiger partial charge in [-0.2, -0.15) is 0 Å². The van der Waals surface area contributed by atoms with Gasteiger partial charge < -0.3 is 26.0 Å². The van der Waals surface area contributed by atoms with E-state index in [0.717, 1.165) is 35.2 Å². The first kappa shape index (κ1) is 25.1. The Morgan fingerprint density at radius 1 is 0.972 bits per heavy atom. The quantitative estimate of drug-likeness (QED) is 0.389. The number of carboxylic acids is 1. The largest absolute Gasteiger partial charge is 0.478 e. The van der Waals surface area contributed by atoms with Gasteiger partial charge in [0.15, 0.2) is 0 Å². The average Bonchev–Trinajstić information content (AvgIpc) is 2.88. The first-order chi connectivity index (χ1) is 17.3. The van der Waals surface area contributed by atoms with Crippen molar-refractivity contribution in [3.8, 4) is 11.1 Å². The normalized spacial score (nSPS) is 14.7. The molecule has 0 saturated heterocycles. The summed E-state index contributed by atoms with van der Waals surface area (Å²) >= 11 is 0. The highest BCUT2D eigenvalue weighted by Crippen LogP contribution is 2.33. The lowest BCUT2D eigenvalue weighted by Gasteiger charge is -2.28. The SMILES string of the molecule is CN(C)CCNC(=O)c1ccc(-c2cccc3c2CCNC3C(=O)Nc2ccc(C(=O)O)cc2)cc1. The van der Waals surface area contributed by atoms with Crippen molar-refractivity contribution < 1.29 is 19.5 Å². The van der Waals surface area contributed by atoms with E-state index in [1.165, 1.54) is 12.1 Å². The number of carbonyl (C=O) groups is 3. The lowest BCUT2D eigenvalue weighted by molar-refractivity contribution is -0.118. The Bertz CT molecular complexity index is 1250. The second-order valence-corrected chi connectivity index (χ2v) is 9.02. The van der Waals surface area contributed by atoms with Gasteiger partial charge in [-0.25, -0.2) is 4.79 Å². The van der Waals surface area contributed by atoms with Gasteiger partial charge in [-0.15, -0.1) is 0 Å². The maximum absolute atomic E-state index is 13.1. The topological polar surface area (TPSA) is 111 Å². The van der Waals surface area contributed by atoms with E-state index in [0.29, 0.717) is 24.3 Å². The molecule has 1 aliphatic heterocycles. The molecular weight excluding hydrogens is 456 g/mol. The van der Waals surface area contributed by atoms with Gasteiger partial charge in [-0.05, 0) is 79.2 Å². The number of nitrogens with one attached hydrogen (secondary N) is 3. The molecule has 3 aromatic rings. The zero-order valence-electron chi connectivity index (χ0n) is 20.4. The van der Waals surface area contributed by atoms with Crippen LogP contribution in [0.1, 0.15) is 37.9 Å². The minimum atomic E-state index is -1.01. The van der Waals surface area contributed by atoms with Crippen LogP contribution in [0.4, 0.5) is 5.69 Å². The maximum Gasteiger partial charge on any atom is 0.335 e. The van der Waals surface area contributed by atoms with Gasteiger partial charge in [0.1, 0.15) is 6.04 Å². The molecule has 186 valence electrons. The molecule has 0 aliphatic carbocycles. The number of aromatic carboxylic acids is 1. The first-order valence-electron chi connectivity index (χ1n) is 11.9. The van der Waals surface area contributed by atoms with Crippen molar-refractivity contribution in [1.82, 2.24) is 15.5 Å². The zero-order valence-corrected chi connectivity index (χ0v) is 20.4. The van der Waals surface area contributed by atoms with Gasteiger partial charge in [0.2, 0.25) is 5.91 Å². The molecule has 0 radical (unpaired) electrons. The van der Waals surface area contributed by atoms with Crippen LogP contribution in [-0.2, 0) is 11.2 Å². The number of fused-ring (bicyclic) bond motifs is 1. The van der Waals surface area contributed by atoms with E-state index < -0.39 is 12.0 Å². The summed E-state index contributed by atoms with van der Waals surface area (Å²) < 4.78 is 0. The van der Waals surface area contributed by atoms with E-state index in [-0.39, 0.29) is 17.4 Å². The number of nitrogens with zero attached hydrogens (tertiary/aromatic N) is 1. The smallest absolute Gasteiger partial charge is 0.335 e. The number of carboxylic acid groups (broad SMARTS) is 1. The van der Waals surface area contributed by atoms with Crippen molar-refractivity contribution in [2.24, 2.45) is 0 Å². The van der Waals surface area contributed by atoms with Gasteiger partial charge >= 0.3 is 5.97 Å². The molecule has 1 aliphatic rings.